The van der Waals surface area contributed by atoms with E-state index in [1.165, 1.54) is 4.88 Å². The summed E-state index contributed by atoms with van der Waals surface area (Å²) in [6.07, 6.45) is 1.91. The van der Waals surface area contributed by atoms with Crippen molar-refractivity contribution in [3.05, 3.63) is 40.7 Å². The maximum Gasteiger partial charge on any atom is 0.128 e. The Morgan fingerprint density at radius 2 is 2.05 bits per heavy atom. The maximum atomic E-state index is 4.52. The van der Waals surface area contributed by atoms with E-state index in [1.807, 2.05) is 6.20 Å². The Morgan fingerprint density at radius 1 is 1.26 bits per heavy atom. The van der Waals surface area contributed by atoms with Gasteiger partial charge in [0.05, 0.1) is 17.9 Å². The van der Waals surface area contributed by atoms with Crippen LogP contribution < -0.4 is 10.2 Å². The third kappa shape index (κ3) is 3.47. The summed E-state index contributed by atoms with van der Waals surface area (Å²) in [6, 6.07) is 8.74. The number of anilines is 2. The van der Waals surface area contributed by atoms with Gasteiger partial charge < -0.3 is 10.2 Å². The minimum Gasteiger partial charge on any atom is -0.376 e. The zero-order valence-corrected chi connectivity index (χ0v) is 12.6. The molecule has 0 fully saturated rings. The van der Waals surface area contributed by atoms with Crippen molar-refractivity contribution in [1.82, 2.24) is 4.98 Å². The molecule has 0 amide bonds. The highest BCUT2D eigenvalue weighted by Gasteiger charge is 2.07. The third-order valence-corrected chi connectivity index (χ3v) is 4.24. The quantitative estimate of drug-likeness (QED) is 0.858. The molecular formula is C15H21N3S. The standard InChI is InChI=1S/C15H21N3S/c1-4-18(5-2)15-9-8-13(11-16-15)17-12(3)14-7-6-10-19-14/h6-12,17H,4-5H2,1-3H3. The van der Waals surface area contributed by atoms with Gasteiger partial charge in [-0.3, -0.25) is 0 Å². The van der Waals surface area contributed by atoms with Crippen molar-refractivity contribution >= 4 is 22.8 Å². The number of nitrogens with zero attached hydrogens (tertiary/aromatic N) is 2. The summed E-state index contributed by atoms with van der Waals surface area (Å²) < 4.78 is 0. The van der Waals surface area contributed by atoms with Gasteiger partial charge in [0.2, 0.25) is 0 Å². The molecule has 4 heteroatoms. The molecule has 2 aromatic rings. The Morgan fingerprint density at radius 3 is 2.58 bits per heavy atom. The smallest absolute Gasteiger partial charge is 0.128 e. The summed E-state index contributed by atoms with van der Waals surface area (Å²) in [5.74, 6) is 1.04. The fraction of sp³-hybridized carbons (Fsp3) is 0.400. The highest BCUT2D eigenvalue weighted by atomic mass is 32.1. The van der Waals surface area contributed by atoms with Crippen LogP contribution in [-0.2, 0) is 0 Å². The molecule has 0 aromatic carbocycles. The molecule has 3 nitrogen and oxygen atoms in total. The van der Waals surface area contributed by atoms with Gasteiger partial charge in [0.1, 0.15) is 5.82 Å². The minimum absolute atomic E-state index is 0.320. The molecule has 1 unspecified atom stereocenters. The van der Waals surface area contributed by atoms with Crippen LogP contribution in [-0.4, -0.2) is 18.1 Å². The fourth-order valence-corrected chi connectivity index (χ4v) is 2.80. The Labute approximate surface area is 119 Å². The molecule has 0 radical (unpaired) electrons. The lowest BCUT2D eigenvalue weighted by molar-refractivity contribution is 0.844. The van der Waals surface area contributed by atoms with E-state index in [2.05, 4.69) is 65.6 Å². The number of thiophene rings is 1. The van der Waals surface area contributed by atoms with E-state index >= 15 is 0 Å². The van der Waals surface area contributed by atoms with Crippen molar-refractivity contribution in [3.63, 3.8) is 0 Å². The number of hydrogen-bond donors (Lipinski definition) is 1. The van der Waals surface area contributed by atoms with Gasteiger partial charge in [-0.2, -0.15) is 0 Å². The predicted octanol–water partition coefficient (Wildman–Crippen LogP) is 4.16. The first-order valence-corrected chi connectivity index (χ1v) is 7.63. The largest absolute Gasteiger partial charge is 0.376 e. The van der Waals surface area contributed by atoms with E-state index in [9.17, 15) is 0 Å². The van der Waals surface area contributed by atoms with Gasteiger partial charge in [-0.25, -0.2) is 4.98 Å². The van der Waals surface area contributed by atoms with Crippen LogP contribution in [0.4, 0.5) is 11.5 Å². The Bertz CT molecular complexity index is 475. The van der Waals surface area contributed by atoms with Gasteiger partial charge in [-0.1, -0.05) is 6.07 Å². The van der Waals surface area contributed by atoms with Crippen molar-refractivity contribution in [2.75, 3.05) is 23.3 Å². The monoisotopic (exact) mass is 275 g/mol. The first-order valence-electron chi connectivity index (χ1n) is 6.75. The summed E-state index contributed by atoms with van der Waals surface area (Å²) in [4.78, 5) is 8.11. The summed E-state index contributed by atoms with van der Waals surface area (Å²) in [7, 11) is 0. The van der Waals surface area contributed by atoms with Gasteiger partial charge in [0, 0.05) is 18.0 Å². The van der Waals surface area contributed by atoms with Crippen LogP contribution in [0, 0.1) is 0 Å². The first kappa shape index (κ1) is 13.9. The molecule has 0 bridgehead atoms. The fourth-order valence-electron chi connectivity index (χ4n) is 2.06. The lowest BCUT2D eigenvalue weighted by atomic mass is 10.2. The van der Waals surface area contributed by atoms with Crippen molar-refractivity contribution in [3.8, 4) is 0 Å². The molecule has 2 heterocycles. The van der Waals surface area contributed by atoms with Gasteiger partial charge in [-0.15, -0.1) is 11.3 Å². The van der Waals surface area contributed by atoms with E-state index in [-0.39, 0.29) is 0 Å². The third-order valence-electron chi connectivity index (χ3n) is 3.19. The molecule has 0 aliphatic carbocycles. The molecule has 0 aliphatic heterocycles. The highest BCUT2D eigenvalue weighted by Crippen LogP contribution is 2.23. The number of hydrogen-bond acceptors (Lipinski definition) is 4. The maximum absolute atomic E-state index is 4.52. The molecule has 0 aliphatic rings. The molecule has 2 rings (SSSR count). The predicted molar refractivity (Wildman–Crippen MR) is 84.2 cm³/mol. The van der Waals surface area contributed by atoms with Crippen LogP contribution in [0.25, 0.3) is 0 Å². The van der Waals surface area contributed by atoms with Crippen molar-refractivity contribution < 1.29 is 0 Å². The van der Waals surface area contributed by atoms with Gasteiger partial charge in [0.25, 0.3) is 0 Å². The first-order chi connectivity index (χ1) is 9.24. The molecule has 2 aromatic heterocycles. The SMILES string of the molecule is CCN(CC)c1ccc(NC(C)c2cccs2)cn1. The Hall–Kier alpha value is -1.55. The van der Waals surface area contributed by atoms with Gasteiger partial charge in [0.15, 0.2) is 0 Å². The van der Waals surface area contributed by atoms with Crippen molar-refractivity contribution in [2.24, 2.45) is 0 Å². The summed E-state index contributed by atoms with van der Waals surface area (Å²) in [6.45, 7) is 8.44. The minimum atomic E-state index is 0.320. The zero-order valence-electron chi connectivity index (χ0n) is 11.8. The number of nitrogens with one attached hydrogen (secondary N) is 1. The zero-order chi connectivity index (χ0) is 13.7. The van der Waals surface area contributed by atoms with Crippen LogP contribution in [0.3, 0.4) is 0 Å². The van der Waals surface area contributed by atoms with Crippen molar-refractivity contribution in [1.29, 1.82) is 0 Å². The van der Waals surface area contributed by atoms with Gasteiger partial charge in [-0.05, 0) is 44.4 Å². The van der Waals surface area contributed by atoms with Crippen LogP contribution in [0.5, 0.6) is 0 Å². The highest BCUT2D eigenvalue weighted by molar-refractivity contribution is 7.10. The van der Waals surface area contributed by atoms with E-state index < -0.39 is 0 Å². The molecule has 19 heavy (non-hydrogen) atoms. The number of rotatable bonds is 6. The van der Waals surface area contributed by atoms with Crippen LogP contribution >= 0.6 is 11.3 Å². The Kier molecular flexibility index (Phi) is 4.80. The van der Waals surface area contributed by atoms with E-state index in [4.69, 9.17) is 0 Å². The van der Waals surface area contributed by atoms with Gasteiger partial charge >= 0.3 is 0 Å². The molecule has 0 spiro atoms. The summed E-state index contributed by atoms with van der Waals surface area (Å²) in [5.41, 5.74) is 1.07. The lowest BCUT2D eigenvalue weighted by Crippen LogP contribution is -2.22. The topological polar surface area (TPSA) is 28.2 Å². The second-order valence-corrected chi connectivity index (χ2v) is 5.44. The summed E-state index contributed by atoms with van der Waals surface area (Å²) >= 11 is 1.77. The van der Waals surface area contributed by atoms with E-state index in [0.717, 1.165) is 24.6 Å². The second-order valence-electron chi connectivity index (χ2n) is 4.46. The van der Waals surface area contributed by atoms with E-state index in [0.29, 0.717) is 6.04 Å². The molecule has 1 N–H and O–H groups in total. The summed E-state index contributed by atoms with van der Waals surface area (Å²) in [5, 5.41) is 5.58. The lowest BCUT2D eigenvalue weighted by Gasteiger charge is -2.20. The molecule has 0 saturated carbocycles. The Balaban J connectivity index is 2.02. The molecule has 102 valence electrons. The average molecular weight is 275 g/mol. The van der Waals surface area contributed by atoms with Crippen LogP contribution in [0.15, 0.2) is 35.8 Å². The molecule has 0 saturated heterocycles. The second kappa shape index (κ2) is 6.57. The van der Waals surface area contributed by atoms with Crippen LogP contribution in [0.1, 0.15) is 31.7 Å². The number of pyridine rings is 1. The number of aromatic nitrogens is 1. The van der Waals surface area contributed by atoms with Crippen molar-refractivity contribution in [2.45, 2.75) is 26.8 Å². The molecule has 1 atom stereocenters. The van der Waals surface area contributed by atoms with Crippen LogP contribution in [0.2, 0.25) is 0 Å². The normalized spacial score (nSPS) is 12.2. The van der Waals surface area contributed by atoms with E-state index in [1.54, 1.807) is 11.3 Å². The average Bonchev–Trinajstić information content (AvgIpc) is 2.96. The molecular weight excluding hydrogens is 254 g/mol.